The zero-order valence-corrected chi connectivity index (χ0v) is 20.4. The number of carbonyl (C=O) groups is 1. The molecule has 0 saturated heterocycles. The normalized spacial score (nSPS) is 16.8. The first-order valence-electron chi connectivity index (χ1n) is 11.3. The van der Waals surface area contributed by atoms with Crippen molar-refractivity contribution < 1.29 is 33.0 Å². The van der Waals surface area contributed by atoms with Gasteiger partial charge >= 0.3 is 6.03 Å². The Kier molecular flexibility index (Phi) is 6.38. The average Bonchev–Trinajstić information content (AvgIpc) is 3.57. The maximum atomic E-state index is 13.1. The van der Waals surface area contributed by atoms with E-state index in [1.54, 1.807) is 44.4 Å². The molecule has 2 amide bonds. The molecule has 0 bridgehead atoms. The fourth-order valence-corrected chi connectivity index (χ4v) is 4.28. The van der Waals surface area contributed by atoms with Gasteiger partial charge in [-0.3, -0.25) is 4.90 Å². The largest absolute Gasteiger partial charge is 0.493 e. The van der Waals surface area contributed by atoms with Crippen molar-refractivity contribution in [2.45, 2.75) is 13.0 Å². The first-order valence-corrected chi connectivity index (χ1v) is 11.3. The Morgan fingerprint density at radius 1 is 1.06 bits per heavy atom. The van der Waals surface area contributed by atoms with Crippen LogP contribution < -0.4 is 24.3 Å². The van der Waals surface area contributed by atoms with Crippen molar-refractivity contribution in [3.8, 4) is 34.4 Å². The summed E-state index contributed by atoms with van der Waals surface area (Å²) >= 11 is 0. The van der Waals surface area contributed by atoms with Crippen LogP contribution in [0.3, 0.4) is 0 Å². The van der Waals surface area contributed by atoms with Gasteiger partial charge in [-0.2, -0.15) is 4.98 Å². The number of methoxy groups -OCH3 is 3. The average molecular weight is 495 g/mol. The van der Waals surface area contributed by atoms with E-state index in [1.807, 2.05) is 25.1 Å². The van der Waals surface area contributed by atoms with Crippen molar-refractivity contribution in [1.82, 2.24) is 20.4 Å². The number of amides is 2. The Morgan fingerprint density at radius 2 is 1.86 bits per heavy atom. The molecule has 1 N–H and O–H groups in total. The van der Waals surface area contributed by atoms with Crippen LogP contribution in [0.5, 0.6) is 23.0 Å². The highest BCUT2D eigenvalue weighted by molar-refractivity contribution is 5.87. The standard InChI is InChI=1S/C25H26N4O7/c1-14-21(24-27-23(28-36-24)16-6-8-18-20(12-16)35-13-34-18)22(26-25(30)29(14)9-10-31-2)15-5-7-17(32-3)19(11-15)33-4/h5-8,11-12,22H,9-10,13H2,1-4H3,(H,26,30). The second-order valence-corrected chi connectivity index (χ2v) is 8.13. The van der Waals surface area contributed by atoms with Gasteiger partial charge in [-0.25, -0.2) is 4.79 Å². The van der Waals surface area contributed by atoms with Gasteiger partial charge in [0.05, 0.1) is 39.0 Å². The van der Waals surface area contributed by atoms with Crippen LogP contribution in [0.1, 0.15) is 24.4 Å². The molecule has 0 saturated carbocycles. The predicted octanol–water partition coefficient (Wildman–Crippen LogP) is 3.63. The molecule has 2 aromatic carbocycles. The highest BCUT2D eigenvalue weighted by Gasteiger charge is 2.36. The third-order valence-electron chi connectivity index (χ3n) is 6.14. The predicted molar refractivity (Wildman–Crippen MR) is 128 cm³/mol. The Morgan fingerprint density at radius 3 is 2.64 bits per heavy atom. The van der Waals surface area contributed by atoms with E-state index in [-0.39, 0.29) is 18.7 Å². The third-order valence-corrected chi connectivity index (χ3v) is 6.14. The second kappa shape index (κ2) is 9.78. The van der Waals surface area contributed by atoms with E-state index >= 15 is 0 Å². The lowest BCUT2D eigenvalue weighted by Crippen LogP contribution is -2.47. The first kappa shape index (κ1) is 23.5. The molecule has 1 aromatic heterocycles. The molecule has 0 spiro atoms. The van der Waals surface area contributed by atoms with Gasteiger partial charge in [0.2, 0.25) is 12.6 Å². The number of ether oxygens (including phenoxy) is 5. The lowest BCUT2D eigenvalue weighted by molar-refractivity contribution is 0.158. The van der Waals surface area contributed by atoms with Gasteiger partial charge in [-0.05, 0) is 42.8 Å². The minimum absolute atomic E-state index is 0.173. The second-order valence-electron chi connectivity index (χ2n) is 8.13. The van der Waals surface area contributed by atoms with E-state index in [0.717, 1.165) is 5.56 Å². The maximum Gasteiger partial charge on any atom is 0.322 e. The highest BCUT2D eigenvalue weighted by Crippen LogP contribution is 2.41. The number of urea groups is 1. The molecule has 11 heteroatoms. The van der Waals surface area contributed by atoms with Crippen molar-refractivity contribution in [2.24, 2.45) is 0 Å². The molecule has 1 unspecified atom stereocenters. The zero-order valence-electron chi connectivity index (χ0n) is 20.4. The number of hydrogen-bond acceptors (Lipinski definition) is 9. The molecule has 3 aromatic rings. The van der Waals surface area contributed by atoms with Crippen LogP contribution in [0.4, 0.5) is 4.79 Å². The van der Waals surface area contributed by atoms with Crippen LogP contribution >= 0.6 is 0 Å². The van der Waals surface area contributed by atoms with Crippen LogP contribution in [0.2, 0.25) is 0 Å². The maximum absolute atomic E-state index is 13.1. The van der Waals surface area contributed by atoms with Crippen LogP contribution in [0.15, 0.2) is 46.6 Å². The summed E-state index contributed by atoms with van der Waals surface area (Å²) in [6.07, 6.45) is 0. The summed E-state index contributed by atoms with van der Waals surface area (Å²) in [7, 11) is 4.72. The summed E-state index contributed by atoms with van der Waals surface area (Å²) in [5.41, 5.74) is 2.82. The number of benzene rings is 2. The molecular formula is C25H26N4O7. The van der Waals surface area contributed by atoms with Crippen LogP contribution in [0.25, 0.3) is 17.0 Å². The monoisotopic (exact) mass is 494 g/mol. The van der Waals surface area contributed by atoms with Crippen LogP contribution in [0, 0.1) is 0 Å². The Bertz CT molecular complexity index is 1320. The van der Waals surface area contributed by atoms with Crippen molar-refractivity contribution >= 4 is 11.6 Å². The molecule has 0 aliphatic carbocycles. The van der Waals surface area contributed by atoms with E-state index < -0.39 is 6.04 Å². The lowest BCUT2D eigenvalue weighted by atomic mass is 9.94. The number of rotatable bonds is 8. The molecule has 5 rings (SSSR count). The number of carbonyl (C=O) groups excluding carboxylic acids is 1. The molecule has 3 heterocycles. The molecule has 0 fully saturated rings. The van der Waals surface area contributed by atoms with Gasteiger partial charge in [-0.1, -0.05) is 11.2 Å². The zero-order chi connectivity index (χ0) is 25.2. The van der Waals surface area contributed by atoms with E-state index in [0.29, 0.717) is 58.8 Å². The molecule has 2 aliphatic rings. The van der Waals surface area contributed by atoms with Gasteiger partial charge < -0.3 is 33.5 Å². The molecule has 2 aliphatic heterocycles. The van der Waals surface area contributed by atoms with Crippen molar-refractivity contribution in [3.05, 3.63) is 53.5 Å². The summed E-state index contributed by atoms with van der Waals surface area (Å²) in [5.74, 6) is 3.06. The minimum atomic E-state index is -0.568. The molecule has 11 nitrogen and oxygen atoms in total. The van der Waals surface area contributed by atoms with Crippen molar-refractivity contribution in [3.63, 3.8) is 0 Å². The smallest absolute Gasteiger partial charge is 0.322 e. The molecule has 0 radical (unpaired) electrons. The molecular weight excluding hydrogens is 468 g/mol. The van der Waals surface area contributed by atoms with Gasteiger partial charge in [0.15, 0.2) is 23.0 Å². The van der Waals surface area contributed by atoms with Crippen molar-refractivity contribution in [1.29, 1.82) is 0 Å². The van der Waals surface area contributed by atoms with E-state index in [9.17, 15) is 4.79 Å². The molecule has 1 atom stereocenters. The van der Waals surface area contributed by atoms with Gasteiger partial charge in [0, 0.05) is 18.4 Å². The number of hydrogen-bond donors (Lipinski definition) is 1. The number of fused-ring (bicyclic) bond motifs is 1. The Labute approximate surface area is 207 Å². The first-order chi connectivity index (χ1) is 17.5. The SMILES string of the molecule is COCCN1C(=O)NC(c2ccc(OC)c(OC)c2)C(c2nc(-c3ccc4c(c3)OCO4)no2)=C1C. The summed E-state index contributed by atoms with van der Waals surface area (Å²) in [5, 5.41) is 7.26. The Hall–Kier alpha value is -4.25. The van der Waals surface area contributed by atoms with Crippen LogP contribution in [-0.4, -0.2) is 62.3 Å². The summed E-state index contributed by atoms with van der Waals surface area (Å²) in [6.45, 7) is 2.75. The van der Waals surface area contributed by atoms with E-state index in [4.69, 9.17) is 28.2 Å². The van der Waals surface area contributed by atoms with Gasteiger partial charge in [0.1, 0.15) is 0 Å². The van der Waals surface area contributed by atoms with Gasteiger partial charge in [-0.15, -0.1) is 0 Å². The number of nitrogens with one attached hydrogen (secondary N) is 1. The van der Waals surface area contributed by atoms with Crippen LogP contribution in [-0.2, 0) is 4.74 Å². The summed E-state index contributed by atoms with van der Waals surface area (Å²) in [4.78, 5) is 19.3. The number of nitrogens with zero attached hydrogens (tertiary/aromatic N) is 3. The fourth-order valence-electron chi connectivity index (χ4n) is 4.28. The number of aromatic nitrogens is 2. The quantitative estimate of drug-likeness (QED) is 0.501. The topological polar surface area (TPSA) is 117 Å². The minimum Gasteiger partial charge on any atom is -0.493 e. The lowest BCUT2D eigenvalue weighted by Gasteiger charge is -2.35. The number of allylic oxidation sites excluding steroid dienone is 1. The summed E-state index contributed by atoms with van der Waals surface area (Å²) in [6, 6.07) is 10.1. The van der Waals surface area contributed by atoms with Gasteiger partial charge in [0.25, 0.3) is 5.89 Å². The van der Waals surface area contributed by atoms with Crippen molar-refractivity contribution in [2.75, 3.05) is 41.3 Å². The Balaban J connectivity index is 1.58. The fraction of sp³-hybridized carbons (Fsp3) is 0.320. The highest BCUT2D eigenvalue weighted by atomic mass is 16.7. The molecule has 36 heavy (non-hydrogen) atoms. The van der Waals surface area contributed by atoms with E-state index in [2.05, 4.69) is 15.5 Å². The summed E-state index contributed by atoms with van der Waals surface area (Å²) < 4.78 is 32.6. The van der Waals surface area contributed by atoms with E-state index in [1.165, 1.54) is 0 Å². The third kappa shape index (κ3) is 4.17. The molecule has 188 valence electrons.